The Morgan fingerprint density at radius 1 is 0.971 bits per heavy atom. The second-order valence-electron chi connectivity index (χ2n) is 14.1. The van der Waals surface area contributed by atoms with Crippen molar-refractivity contribution < 1.29 is 9.53 Å². The summed E-state index contributed by atoms with van der Waals surface area (Å²) in [5.74, 6) is 5.80. The number of carbonyl (C=O) groups is 1. The molecule has 0 aromatic heterocycles. The highest BCUT2D eigenvalue weighted by Gasteiger charge is 2.59. The molecule has 2 heteroatoms. The summed E-state index contributed by atoms with van der Waals surface area (Å²) < 4.78 is 5.62. The third-order valence-corrected chi connectivity index (χ3v) is 11.3. The molecule has 0 bridgehead atoms. The minimum Gasteiger partial charge on any atom is -0.465 e. The molecule has 4 aliphatic carbocycles. The van der Waals surface area contributed by atoms with Crippen molar-refractivity contribution in [2.24, 2.45) is 58.2 Å². The van der Waals surface area contributed by atoms with E-state index in [1.54, 1.807) is 5.57 Å². The van der Waals surface area contributed by atoms with E-state index in [9.17, 15) is 4.79 Å². The average Bonchev–Trinajstić information content (AvgIpc) is 3.14. The van der Waals surface area contributed by atoms with E-state index in [0.717, 1.165) is 35.5 Å². The van der Waals surface area contributed by atoms with Gasteiger partial charge in [-0.05, 0) is 97.7 Å². The van der Waals surface area contributed by atoms with Crippen molar-refractivity contribution in [1.29, 1.82) is 0 Å². The number of hydrogen-bond donors (Lipinski definition) is 0. The molecular formula is C32H54O2. The Morgan fingerprint density at radius 2 is 1.74 bits per heavy atom. The topological polar surface area (TPSA) is 26.3 Å². The lowest BCUT2D eigenvalue weighted by Gasteiger charge is -2.59. The highest BCUT2D eigenvalue weighted by molar-refractivity contribution is 5.71. The second kappa shape index (κ2) is 10.3. The smallest absolute Gasteiger partial charge is 0.308 e. The molecule has 8 unspecified atom stereocenters. The lowest BCUT2D eigenvalue weighted by atomic mass is 9.46. The molecule has 4 rings (SSSR count). The number of hydrogen-bond acceptors (Lipinski definition) is 2. The first-order valence-electron chi connectivity index (χ1n) is 14.9. The van der Waals surface area contributed by atoms with Gasteiger partial charge in [-0.1, -0.05) is 79.4 Å². The van der Waals surface area contributed by atoms with Gasteiger partial charge in [0.05, 0.1) is 12.5 Å². The summed E-state index contributed by atoms with van der Waals surface area (Å²) in [5, 5.41) is 0. The third kappa shape index (κ3) is 4.90. The van der Waals surface area contributed by atoms with Crippen molar-refractivity contribution in [1.82, 2.24) is 0 Å². The molecule has 0 aliphatic heterocycles. The summed E-state index contributed by atoms with van der Waals surface area (Å²) in [4.78, 5) is 12.0. The van der Waals surface area contributed by atoms with Gasteiger partial charge in [-0.25, -0.2) is 0 Å². The molecule has 3 fully saturated rings. The number of esters is 1. The average molecular weight is 471 g/mol. The van der Waals surface area contributed by atoms with Gasteiger partial charge in [0, 0.05) is 5.92 Å². The fourth-order valence-corrected chi connectivity index (χ4v) is 9.31. The lowest BCUT2D eigenvalue weighted by Crippen LogP contribution is -2.51. The monoisotopic (exact) mass is 470 g/mol. The molecular weight excluding hydrogens is 416 g/mol. The van der Waals surface area contributed by atoms with E-state index < -0.39 is 0 Å². The molecule has 194 valence electrons. The molecule has 2 nitrogen and oxygen atoms in total. The fourth-order valence-electron chi connectivity index (χ4n) is 9.31. The Kier molecular flexibility index (Phi) is 7.96. The van der Waals surface area contributed by atoms with Crippen molar-refractivity contribution in [3.05, 3.63) is 11.6 Å². The Labute approximate surface area is 211 Å². The molecule has 3 saturated carbocycles. The van der Waals surface area contributed by atoms with E-state index in [1.165, 1.54) is 70.6 Å². The van der Waals surface area contributed by atoms with Gasteiger partial charge in [0.15, 0.2) is 0 Å². The van der Waals surface area contributed by atoms with E-state index >= 15 is 0 Å². The Hall–Kier alpha value is -0.790. The zero-order valence-electron chi connectivity index (χ0n) is 23.5. The molecule has 8 atom stereocenters. The van der Waals surface area contributed by atoms with Gasteiger partial charge in [0.2, 0.25) is 0 Å². The van der Waals surface area contributed by atoms with Crippen molar-refractivity contribution in [2.45, 2.75) is 119 Å². The van der Waals surface area contributed by atoms with Crippen LogP contribution in [0, 0.1) is 58.2 Å². The van der Waals surface area contributed by atoms with Gasteiger partial charge in [-0.2, -0.15) is 0 Å². The highest BCUT2D eigenvalue weighted by atomic mass is 16.5. The Morgan fingerprint density at radius 3 is 2.44 bits per heavy atom. The number of ether oxygens (including phenoxy) is 1. The summed E-state index contributed by atoms with van der Waals surface area (Å²) in [7, 11) is 0. The van der Waals surface area contributed by atoms with Crippen LogP contribution in [0.3, 0.4) is 0 Å². The minimum atomic E-state index is -0.0452. The predicted octanol–water partition coefficient (Wildman–Crippen LogP) is 8.84. The van der Waals surface area contributed by atoms with Crippen LogP contribution in [0.1, 0.15) is 119 Å². The summed E-state index contributed by atoms with van der Waals surface area (Å²) in [6, 6.07) is 0. The summed E-state index contributed by atoms with van der Waals surface area (Å²) in [6.07, 6.45) is 17.8. The Balaban J connectivity index is 1.42. The molecule has 0 N–H and O–H groups in total. The SMILES string of the molecule is CC(C)CCCC(C)C1CCC2C3CCC4=CC(COC(=O)C(C)C)CCC4(C)C3CCC12C. The molecule has 0 aromatic rings. The summed E-state index contributed by atoms with van der Waals surface area (Å²) in [5.41, 5.74) is 2.69. The van der Waals surface area contributed by atoms with Crippen LogP contribution >= 0.6 is 0 Å². The van der Waals surface area contributed by atoms with Gasteiger partial charge in [0.1, 0.15) is 0 Å². The number of rotatable bonds is 8. The van der Waals surface area contributed by atoms with E-state index in [2.05, 4.69) is 40.7 Å². The molecule has 0 radical (unpaired) electrons. The molecule has 34 heavy (non-hydrogen) atoms. The summed E-state index contributed by atoms with van der Waals surface area (Å²) >= 11 is 0. The van der Waals surface area contributed by atoms with Crippen LogP contribution in [0.25, 0.3) is 0 Å². The predicted molar refractivity (Wildman–Crippen MR) is 142 cm³/mol. The van der Waals surface area contributed by atoms with Crippen LogP contribution in [0.2, 0.25) is 0 Å². The van der Waals surface area contributed by atoms with E-state index in [1.807, 2.05) is 13.8 Å². The van der Waals surface area contributed by atoms with E-state index in [4.69, 9.17) is 4.74 Å². The van der Waals surface area contributed by atoms with Crippen molar-refractivity contribution >= 4 is 5.97 Å². The van der Waals surface area contributed by atoms with Crippen LogP contribution < -0.4 is 0 Å². The van der Waals surface area contributed by atoms with Gasteiger partial charge in [-0.15, -0.1) is 0 Å². The second-order valence-corrected chi connectivity index (χ2v) is 14.1. The van der Waals surface area contributed by atoms with Crippen LogP contribution in [-0.2, 0) is 9.53 Å². The Bertz CT molecular complexity index is 750. The first kappa shape index (κ1) is 26.3. The molecule has 0 spiro atoms. The van der Waals surface area contributed by atoms with Gasteiger partial charge in [0.25, 0.3) is 0 Å². The van der Waals surface area contributed by atoms with Crippen LogP contribution in [0.15, 0.2) is 11.6 Å². The summed E-state index contributed by atoms with van der Waals surface area (Å²) in [6.45, 7) is 17.1. The zero-order valence-corrected chi connectivity index (χ0v) is 23.5. The van der Waals surface area contributed by atoms with Crippen LogP contribution in [-0.4, -0.2) is 12.6 Å². The fraction of sp³-hybridized carbons (Fsp3) is 0.906. The van der Waals surface area contributed by atoms with E-state index in [-0.39, 0.29) is 11.9 Å². The standard InChI is InChI=1S/C32H54O2/c1-21(2)9-8-10-23(5)27-13-14-28-26-12-11-25-19-24(20-34-30(33)22(3)4)15-17-31(25,6)29(26)16-18-32(27,28)7/h19,21-24,26-29H,8-18,20H2,1-7H3. The van der Waals surface area contributed by atoms with Crippen molar-refractivity contribution in [2.75, 3.05) is 6.61 Å². The van der Waals surface area contributed by atoms with Crippen molar-refractivity contribution in [3.63, 3.8) is 0 Å². The van der Waals surface area contributed by atoms with Gasteiger partial charge < -0.3 is 4.74 Å². The maximum Gasteiger partial charge on any atom is 0.308 e. The first-order chi connectivity index (χ1) is 16.1. The number of carbonyl (C=O) groups excluding carboxylic acids is 1. The number of fused-ring (bicyclic) bond motifs is 5. The first-order valence-corrected chi connectivity index (χ1v) is 14.9. The van der Waals surface area contributed by atoms with Gasteiger partial charge >= 0.3 is 5.97 Å². The molecule has 0 aromatic carbocycles. The molecule has 0 saturated heterocycles. The van der Waals surface area contributed by atoms with Gasteiger partial charge in [-0.3, -0.25) is 4.79 Å². The molecule has 0 heterocycles. The largest absolute Gasteiger partial charge is 0.465 e. The normalized spacial score (nSPS) is 40.4. The highest BCUT2D eigenvalue weighted by Crippen LogP contribution is 2.68. The zero-order chi connectivity index (χ0) is 24.7. The maximum absolute atomic E-state index is 12.0. The van der Waals surface area contributed by atoms with Crippen LogP contribution in [0.5, 0.6) is 0 Å². The molecule has 4 aliphatic rings. The van der Waals surface area contributed by atoms with Crippen LogP contribution in [0.4, 0.5) is 0 Å². The van der Waals surface area contributed by atoms with E-state index in [0.29, 0.717) is 23.4 Å². The number of allylic oxidation sites excluding steroid dienone is 1. The lowest BCUT2D eigenvalue weighted by molar-refractivity contribution is -0.148. The van der Waals surface area contributed by atoms with Crippen molar-refractivity contribution in [3.8, 4) is 0 Å². The quantitative estimate of drug-likeness (QED) is 0.261. The minimum absolute atomic E-state index is 0.0262. The third-order valence-electron chi connectivity index (χ3n) is 11.3. The maximum atomic E-state index is 12.0. The molecule has 0 amide bonds.